The Morgan fingerprint density at radius 1 is 1.20 bits per heavy atom. The van der Waals surface area contributed by atoms with Crippen molar-refractivity contribution < 1.29 is 24.2 Å². The van der Waals surface area contributed by atoms with E-state index in [-0.39, 0.29) is 22.8 Å². The maximum Gasteiger partial charge on any atom is 0.307 e. The average molecular weight is 362 g/mol. The molecule has 0 radical (unpaired) electrons. The summed E-state index contributed by atoms with van der Waals surface area (Å²) in [6.07, 6.45) is -0.312. The lowest BCUT2D eigenvalue weighted by atomic mass is 10.1. The van der Waals surface area contributed by atoms with Crippen LogP contribution in [0.2, 0.25) is 5.02 Å². The summed E-state index contributed by atoms with van der Waals surface area (Å²) >= 11 is 5.96. The smallest absolute Gasteiger partial charge is 0.307 e. The maximum atomic E-state index is 13.1. The van der Waals surface area contributed by atoms with Crippen LogP contribution in [0.3, 0.4) is 0 Å². The fraction of sp³-hybridized carbons (Fsp3) is 0.111. The number of phenolic OH excluding ortho intramolecular Hbond substituents is 1. The van der Waals surface area contributed by atoms with E-state index >= 15 is 0 Å². The van der Waals surface area contributed by atoms with Crippen LogP contribution >= 0.6 is 11.6 Å². The molecule has 0 amide bonds. The van der Waals surface area contributed by atoms with Crippen LogP contribution < -0.4 is 0 Å². The van der Waals surface area contributed by atoms with E-state index in [0.717, 1.165) is 0 Å². The predicted octanol–water partition coefficient (Wildman–Crippen LogP) is 3.76. The molecule has 3 aromatic rings. The van der Waals surface area contributed by atoms with Gasteiger partial charge in [0.1, 0.15) is 11.6 Å². The summed E-state index contributed by atoms with van der Waals surface area (Å²) < 4.78 is 14.4. The van der Waals surface area contributed by atoms with Gasteiger partial charge in [0.05, 0.1) is 17.0 Å². The molecule has 0 atom stereocenters. The van der Waals surface area contributed by atoms with Crippen LogP contribution in [0.1, 0.15) is 21.6 Å². The lowest BCUT2D eigenvalue weighted by Gasteiger charge is -2.08. The molecule has 5 nitrogen and oxygen atoms in total. The molecule has 2 aromatic carbocycles. The zero-order valence-corrected chi connectivity index (χ0v) is 13.8. The number of fused-ring (bicyclic) bond motifs is 1. The average Bonchev–Trinajstić information content (AvgIpc) is 2.80. The highest BCUT2D eigenvalue weighted by Gasteiger charge is 2.22. The van der Waals surface area contributed by atoms with Gasteiger partial charge in [0.25, 0.3) is 5.91 Å². The summed E-state index contributed by atoms with van der Waals surface area (Å²) in [5.74, 6) is -2.18. The van der Waals surface area contributed by atoms with Crippen LogP contribution in [0.15, 0.2) is 36.4 Å². The summed E-state index contributed by atoms with van der Waals surface area (Å²) in [7, 11) is 0. The molecule has 0 aliphatic rings. The monoisotopic (exact) mass is 361 g/mol. The molecule has 0 saturated heterocycles. The van der Waals surface area contributed by atoms with Crippen molar-refractivity contribution in [2.45, 2.75) is 13.3 Å². The van der Waals surface area contributed by atoms with Crippen LogP contribution in [-0.4, -0.2) is 26.7 Å². The molecule has 0 fully saturated rings. The van der Waals surface area contributed by atoms with Crippen molar-refractivity contribution in [3.05, 3.63) is 64.1 Å². The van der Waals surface area contributed by atoms with Gasteiger partial charge in [-0.2, -0.15) is 0 Å². The number of carboxylic acid groups (broad SMARTS) is 1. The minimum absolute atomic E-state index is 0.0417. The number of halogens is 2. The van der Waals surface area contributed by atoms with Gasteiger partial charge in [0.2, 0.25) is 0 Å². The van der Waals surface area contributed by atoms with Crippen molar-refractivity contribution in [2.24, 2.45) is 0 Å². The molecule has 1 heterocycles. The largest absolute Gasteiger partial charge is 0.506 e. The highest BCUT2D eigenvalue weighted by Crippen LogP contribution is 2.34. The van der Waals surface area contributed by atoms with E-state index in [4.69, 9.17) is 16.7 Å². The molecule has 3 rings (SSSR count). The molecule has 0 aliphatic heterocycles. The van der Waals surface area contributed by atoms with Crippen LogP contribution in [0.4, 0.5) is 4.39 Å². The van der Waals surface area contributed by atoms with E-state index in [2.05, 4.69) is 0 Å². The number of aliphatic carboxylic acids is 1. The topological polar surface area (TPSA) is 79.5 Å². The number of hydrogen-bond donors (Lipinski definition) is 2. The van der Waals surface area contributed by atoms with Gasteiger partial charge < -0.3 is 10.2 Å². The van der Waals surface area contributed by atoms with Gasteiger partial charge in [0.15, 0.2) is 0 Å². The molecule has 25 heavy (non-hydrogen) atoms. The lowest BCUT2D eigenvalue weighted by Crippen LogP contribution is -2.14. The van der Waals surface area contributed by atoms with E-state index < -0.39 is 17.7 Å². The van der Waals surface area contributed by atoms with Gasteiger partial charge in [-0.05, 0) is 48.9 Å². The first-order chi connectivity index (χ1) is 11.8. The second kappa shape index (κ2) is 6.22. The Labute approximate surface area is 146 Å². The molecular formula is C18H13ClFNO4. The van der Waals surface area contributed by atoms with Crippen molar-refractivity contribution in [2.75, 3.05) is 0 Å². The third-order valence-electron chi connectivity index (χ3n) is 4.03. The third-order valence-corrected chi connectivity index (χ3v) is 4.33. The van der Waals surface area contributed by atoms with Gasteiger partial charge in [-0.1, -0.05) is 11.6 Å². The molecule has 0 saturated carbocycles. The second-order valence-corrected chi connectivity index (χ2v) is 6.01. The van der Waals surface area contributed by atoms with Crippen LogP contribution in [0.25, 0.3) is 10.9 Å². The maximum absolute atomic E-state index is 13.1. The van der Waals surface area contributed by atoms with Crippen molar-refractivity contribution in [3.8, 4) is 5.75 Å². The minimum Gasteiger partial charge on any atom is -0.506 e. The standard InChI is InChI=1S/C18H13ClFNO4/c1-9-12(7-17(23)24)13-6-16(22)14(19)8-15(13)21(9)18(25)10-2-4-11(20)5-3-10/h2-6,8,22H,7H2,1H3,(H,23,24). The molecule has 0 spiro atoms. The van der Waals surface area contributed by atoms with Crippen molar-refractivity contribution in [1.82, 2.24) is 4.57 Å². The Hall–Kier alpha value is -2.86. The predicted molar refractivity (Wildman–Crippen MR) is 90.8 cm³/mol. The minimum atomic E-state index is -1.06. The van der Waals surface area contributed by atoms with E-state index in [1.165, 1.54) is 41.0 Å². The molecule has 2 N–H and O–H groups in total. The Balaban J connectivity index is 2.28. The number of carbonyl (C=O) groups excluding carboxylic acids is 1. The summed E-state index contributed by atoms with van der Waals surface area (Å²) in [5, 5.41) is 19.5. The summed E-state index contributed by atoms with van der Waals surface area (Å²) in [5.41, 5.74) is 1.46. The first kappa shape index (κ1) is 17.0. The zero-order valence-electron chi connectivity index (χ0n) is 13.1. The zero-order chi connectivity index (χ0) is 18.3. The number of hydrogen-bond acceptors (Lipinski definition) is 3. The Morgan fingerprint density at radius 2 is 1.84 bits per heavy atom. The van der Waals surface area contributed by atoms with Crippen molar-refractivity contribution in [1.29, 1.82) is 0 Å². The second-order valence-electron chi connectivity index (χ2n) is 5.60. The lowest BCUT2D eigenvalue weighted by molar-refractivity contribution is -0.136. The normalized spacial score (nSPS) is 11.0. The molecule has 7 heteroatoms. The number of phenols is 1. The fourth-order valence-corrected chi connectivity index (χ4v) is 3.00. The summed E-state index contributed by atoms with van der Waals surface area (Å²) in [4.78, 5) is 24.1. The van der Waals surface area contributed by atoms with Gasteiger partial charge in [-0.15, -0.1) is 0 Å². The molecular weight excluding hydrogens is 349 g/mol. The molecule has 1 aromatic heterocycles. The highest BCUT2D eigenvalue weighted by molar-refractivity contribution is 6.33. The molecule has 0 bridgehead atoms. The number of nitrogens with zero attached hydrogens (tertiary/aromatic N) is 1. The SMILES string of the molecule is Cc1c(CC(=O)O)c2cc(O)c(Cl)cc2n1C(=O)c1ccc(F)cc1. The van der Waals surface area contributed by atoms with Gasteiger partial charge in [-0.25, -0.2) is 4.39 Å². The van der Waals surface area contributed by atoms with E-state index in [0.29, 0.717) is 22.2 Å². The molecule has 0 unspecified atom stereocenters. The van der Waals surface area contributed by atoms with E-state index in [1.807, 2.05) is 0 Å². The van der Waals surface area contributed by atoms with Crippen LogP contribution in [-0.2, 0) is 11.2 Å². The number of benzene rings is 2. The van der Waals surface area contributed by atoms with E-state index in [9.17, 15) is 19.1 Å². The third kappa shape index (κ3) is 2.96. The van der Waals surface area contributed by atoms with Gasteiger partial charge in [0, 0.05) is 16.6 Å². The van der Waals surface area contributed by atoms with Crippen LogP contribution in [0, 0.1) is 12.7 Å². The van der Waals surface area contributed by atoms with Crippen LogP contribution in [0.5, 0.6) is 5.75 Å². The first-order valence-corrected chi connectivity index (χ1v) is 7.72. The number of rotatable bonds is 3. The number of carboxylic acids is 1. The Bertz CT molecular complexity index is 1010. The summed E-state index contributed by atoms with van der Waals surface area (Å²) in [6, 6.07) is 7.80. The molecule has 0 aliphatic carbocycles. The summed E-state index contributed by atoms with van der Waals surface area (Å²) in [6.45, 7) is 1.62. The Morgan fingerprint density at radius 3 is 2.44 bits per heavy atom. The number of carbonyl (C=O) groups is 2. The van der Waals surface area contributed by atoms with Gasteiger partial charge >= 0.3 is 5.97 Å². The number of aromatic hydroxyl groups is 1. The quantitative estimate of drug-likeness (QED) is 0.744. The van der Waals surface area contributed by atoms with E-state index in [1.54, 1.807) is 6.92 Å². The Kier molecular flexibility index (Phi) is 4.22. The first-order valence-electron chi connectivity index (χ1n) is 7.34. The van der Waals surface area contributed by atoms with Crippen molar-refractivity contribution >= 4 is 34.4 Å². The van der Waals surface area contributed by atoms with Gasteiger partial charge in [-0.3, -0.25) is 14.2 Å². The number of aromatic nitrogens is 1. The molecule has 128 valence electrons. The van der Waals surface area contributed by atoms with Crippen molar-refractivity contribution in [3.63, 3.8) is 0 Å². The highest BCUT2D eigenvalue weighted by atomic mass is 35.5. The fourth-order valence-electron chi connectivity index (χ4n) is 2.85.